The van der Waals surface area contributed by atoms with E-state index in [4.69, 9.17) is 4.42 Å². The molecule has 1 aromatic heterocycles. The minimum atomic E-state index is -0.172. The highest BCUT2D eigenvalue weighted by Crippen LogP contribution is 2.24. The molecule has 8 heteroatoms. The van der Waals surface area contributed by atoms with E-state index in [-0.39, 0.29) is 17.6 Å². The Morgan fingerprint density at radius 1 is 1.11 bits per heavy atom. The van der Waals surface area contributed by atoms with Gasteiger partial charge in [0.1, 0.15) is 0 Å². The van der Waals surface area contributed by atoms with Gasteiger partial charge in [0.2, 0.25) is 17.7 Å². The van der Waals surface area contributed by atoms with Crippen molar-refractivity contribution in [3.05, 3.63) is 54.6 Å². The first-order chi connectivity index (χ1) is 13.7. The van der Waals surface area contributed by atoms with Gasteiger partial charge in [-0.2, -0.15) is 0 Å². The third-order valence-electron chi connectivity index (χ3n) is 4.29. The van der Waals surface area contributed by atoms with Gasteiger partial charge in [-0.25, -0.2) is 0 Å². The summed E-state index contributed by atoms with van der Waals surface area (Å²) in [5, 5.41) is 11.1. The molecule has 2 amide bonds. The van der Waals surface area contributed by atoms with Crippen LogP contribution in [0.25, 0.3) is 11.5 Å². The van der Waals surface area contributed by atoms with Crippen molar-refractivity contribution < 1.29 is 14.0 Å². The van der Waals surface area contributed by atoms with Crippen molar-refractivity contribution in [3.63, 3.8) is 0 Å². The van der Waals surface area contributed by atoms with Crippen LogP contribution >= 0.6 is 11.8 Å². The number of amides is 2. The summed E-state index contributed by atoms with van der Waals surface area (Å²) in [4.78, 5) is 25.7. The van der Waals surface area contributed by atoms with Crippen molar-refractivity contribution in [2.45, 2.75) is 18.1 Å². The molecule has 0 radical (unpaired) electrons. The van der Waals surface area contributed by atoms with E-state index in [0.29, 0.717) is 23.2 Å². The molecule has 0 atom stereocenters. The third-order valence-corrected chi connectivity index (χ3v) is 5.11. The number of benzene rings is 2. The number of thioether (sulfide) groups is 1. The number of hydrogen-bond acceptors (Lipinski definition) is 6. The van der Waals surface area contributed by atoms with E-state index in [2.05, 4.69) is 15.5 Å². The van der Waals surface area contributed by atoms with Crippen molar-refractivity contribution in [2.24, 2.45) is 0 Å². The highest BCUT2D eigenvalue weighted by Gasteiger charge is 2.21. The maximum absolute atomic E-state index is 12.2. The monoisotopic (exact) mass is 394 g/mol. The molecule has 0 bridgehead atoms. The summed E-state index contributed by atoms with van der Waals surface area (Å²) in [7, 11) is 0. The molecule has 0 unspecified atom stereocenters. The van der Waals surface area contributed by atoms with Gasteiger partial charge >= 0.3 is 0 Å². The molecule has 1 aliphatic heterocycles. The summed E-state index contributed by atoms with van der Waals surface area (Å²) >= 11 is 1.18. The molecule has 28 heavy (non-hydrogen) atoms. The van der Waals surface area contributed by atoms with Crippen LogP contribution in [0.15, 0.2) is 64.2 Å². The molecule has 1 N–H and O–H groups in total. The van der Waals surface area contributed by atoms with E-state index < -0.39 is 0 Å². The maximum atomic E-state index is 12.2. The molecule has 1 fully saturated rings. The quantitative estimate of drug-likeness (QED) is 0.643. The van der Waals surface area contributed by atoms with E-state index in [1.54, 1.807) is 17.0 Å². The Morgan fingerprint density at radius 3 is 2.61 bits per heavy atom. The summed E-state index contributed by atoms with van der Waals surface area (Å²) in [6, 6.07) is 16.7. The number of anilines is 2. The molecule has 7 nitrogen and oxygen atoms in total. The van der Waals surface area contributed by atoms with Gasteiger partial charge in [-0.05, 0) is 42.8 Å². The summed E-state index contributed by atoms with van der Waals surface area (Å²) < 4.78 is 5.58. The highest BCUT2D eigenvalue weighted by atomic mass is 32.2. The fourth-order valence-electron chi connectivity index (χ4n) is 2.94. The van der Waals surface area contributed by atoms with Gasteiger partial charge in [0, 0.05) is 29.9 Å². The Bertz CT molecular complexity index is 973. The molecule has 2 aromatic carbocycles. The lowest BCUT2D eigenvalue weighted by atomic mass is 10.2. The summed E-state index contributed by atoms with van der Waals surface area (Å²) in [5.41, 5.74) is 2.37. The van der Waals surface area contributed by atoms with Gasteiger partial charge in [-0.1, -0.05) is 30.0 Å². The predicted octanol–water partition coefficient (Wildman–Crippen LogP) is 3.59. The molecule has 2 heterocycles. The largest absolute Gasteiger partial charge is 0.411 e. The molecule has 0 aliphatic carbocycles. The van der Waals surface area contributed by atoms with Crippen molar-refractivity contribution >= 4 is 35.0 Å². The molecule has 0 spiro atoms. The molecule has 0 saturated carbocycles. The topological polar surface area (TPSA) is 88.3 Å². The molecule has 1 aliphatic rings. The normalized spacial score (nSPS) is 13.7. The van der Waals surface area contributed by atoms with Gasteiger partial charge in [-0.15, -0.1) is 10.2 Å². The zero-order valence-corrected chi connectivity index (χ0v) is 15.8. The smallest absolute Gasteiger partial charge is 0.277 e. The van der Waals surface area contributed by atoms with Crippen molar-refractivity contribution in [3.8, 4) is 11.5 Å². The number of carbonyl (C=O) groups excluding carboxylic acids is 2. The molecular formula is C20H18N4O3S. The van der Waals surface area contributed by atoms with Gasteiger partial charge in [0.25, 0.3) is 5.22 Å². The second-order valence-electron chi connectivity index (χ2n) is 6.27. The molecule has 4 rings (SSSR count). The van der Waals surface area contributed by atoms with Gasteiger partial charge in [-0.3, -0.25) is 9.59 Å². The van der Waals surface area contributed by atoms with Gasteiger partial charge in [0.05, 0.1) is 5.75 Å². The van der Waals surface area contributed by atoms with E-state index in [0.717, 1.165) is 24.2 Å². The molecule has 3 aromatic rings. The number of nitrogens with zero attached hydrogens (tertiary/aromatic N) is 3. The summed E-state index contributed by atoms with van der Waals surface area (Å²) in [5.74, 6) is 0.551. The molecule has 1 saturated heterocycles. The second-order valence-corrected chi connectivity index (χ2v) is 7.20. The second kappa shape index (κ2) is 8.26. The lowest BCUT2D eigenvalue weighted by Gasteiger charge is -2.16. The SMILES string of the molecule is O=C(CSc1nnc(-c2ccccc2)o1)Nc1ccc(N2CCCC2=O)cc1. The van der Waals surface area contributed by atoms with Crippen molar-refractivity contribution in [1.82, 2.24) is 10.2 Å². The van der Waals surface area contributed by atoms with Crippen LogP contribution in [0.5, 0.6) is 0 Å². The Hall–Kier alpha value is -3.13. The predicted molar refractivity (Wildman–Crippen MR) is 107 cm³/mol. The van der Waals surface area contributed by atoms with Crippen LogP contribution in [0.1, 0.15) is 12.8 Å². The van der Waals surface area contributed by atoms with E-state index in [9.17, 15) is 9.59 Å². The Labute approximate surface area is 166 Å². The maximum Gasteiger partial charge on any atom is 0.277 e. The minimum Gasteiger partial charge on any atom is -0.411 e. The first-order valence-electron chi connectivity index (χ1n) is 8.91. The Balaban J connectivity index is 1.30. The van der Waals surface area contributed by atoms with Crippen molar-refractivity contribution in [1.29, 1.82) is 0 Å². The number of carbonyl (C=O) groups is 2. The lowest BCUT2D eigenvalue weighted by molar-refractivity contribution is -0.117. The fourth-order valence-corrected chi connectivity index (χ4v) is 3.50. The summed E-state index contributed by atoms with van der Waals surface area (Å²) in [6.07, 6.45) is 1.48. The van der Waals surface area contributed by atoms with Crippen molar-refractivity contribution in [2.75, 3.05) is 22.5 Å². The van der Waals surface area contributed by atoms with Crippen LogP contribution in [0.4, 0.5) is 11.4 Å². The zero-order chi connectivity index (χ0) is 19.3. The summed E-state index contributed by atoms with van der Waals surface area (Å²) in [6.45, 7) is 0.746. The first kappa shape index (κ1) is 18.2. The molecular weight excluding hydrogens is 376 g/mol. The highest BCUT2D eigenvalue weighted by molar-refractivity contribution is 7.99. The third kappa shape index (κ3) is 4.23. The standard InChI is InChI=1S/C20H18N4O3S/c25-17(13-28-20-23-22-19(27-20)14-5-2-1-3-6-14)21-15-8-10-16(11-9-15)24-12-4-7-18(24)26/h1-3,5-6,8-11H,4,7,12-13H2,(H,21,25). The fraction of sp³-hybridized carbons (Fsp3) is 0.200. The molecule has 142 valence electrons. The number of aromatic nitrogens is 2. The average Bonchev–Trinajstić information content (AvgIpc) is 3.37. The van der Waals surface area contributed by atoms with Crippen LogP contribution in [0.3, 0.4) is 0 Å². The van der Waals surface area contributed by atoms with E-state index >= 15 is 0 Å². The van der Waals surface area contributed by atoms with E-state index in [1.807, 2.05) is 42.5 Å². The Kier molecular flexibility index (Phi) is 5.38. The van der Waals surface area contributed by atoms with E-state index in [1.165, 1.54) is 11.8 Å². The zero-order valence-electron chi connectivity index (χ0n) is 15.0. The van der Waals surface area contributed by atoms with Crippen LogP contribution in [-0.2, 0) is 9.59 Å². The van der Waals surface area contributed by atoms with Crippen LogP contribution in [0, 0.1) is 0 Å². The first-order valence-corrected chi connectivity index (χ1v) is 9.89. The van der Waals surface area contributed by atoms with Gasteiger partial charge < -0.3 is 14.6 Å². The van der Waals surface area contributed by atoms with Crippen LogP contribution < -0.4 is 10.2 Å². The van der Waals surface area contributed by atoms with Crippen LogP contribution in [-0.4, -0.2) is 34.3 Å². The average molecular weight is 394 g/mol. The van der Waals surface area contributed by atoms with Crippen LogP contribution in [0.2, 0.25) is 0 Å². The lowest BCUT2D eigenvalue weighted by Crippen LogP contribution is -2.23. The van der Waals surface area contributed by atoms with Gasteiger partial charge in [0.15, 0.2) is 0 Å². The number of nitrogens with one attached hydrogen (secondary N) is 1. The Morgan fingerprint density at radius 2 is 1.89 bits per heavy atom. The number of hydrogen-bond donors (Lipinski definition) is 1. The minimum absolute atomic E-state index is 0.141. The number of rotatable bonds is 6.